The van der Waals surface area contributed by atoms with Gasteiger partial charge >= 0.3 is 0 Å². The van der Waals surface area contributed by atoms with E-state index in [4.69, 9.17) is 0 Å². The molecule has 2 heterocycles. The second-order valence-corrected chi connectivity index (χ2v) is 5.32. The van der Waals surface area contributed by atoms with E-state index < -0.39 is 0 Å². The number of nitrogens with one attached hydrogen (secondary N) is 1. The van der Waals surface area contributed by atoms with E-state index >= 15 is 0 Å². The fourth-order valence-electron chi connectivity index (χ4n) is 2.03. The highest BCUT2D eigenvalue weighted by molar-refractivity contribution is 7.99. The van der Waals surface area contributed by atoms with Crippen molar-refractivity contribution < 1.29 is 9.59 Å². The number of piperazine rings is 1. The Morgan fingerprint density at radius 2 is 2.33 bits per heavy atom. The van der Waals surface area contributed by atoms with Crippen LogP contribution in [0.4, 0.5) is 0 Å². The molecule has 0 radical (unpaired) electrons. The summed E-state index contributed by atoms with van der Waals surface area (Å²) in [5.74, 6) is 2.91. The van der Waals surface area contributed by atoms with Crippen molar-refractivity contribution in [3.63, 3.8) is 0 Å². The molecule has 0 bridgehead atoms. The van der Waals surface area contributed by atoms with Crippen molar-refractivity contribution >= 4 is 23.6 Å². The fourth-order valence-corrected chi connectivity index (χ4v) is 3.31. The predicted molar refractivity (Wildman–Crippen MR) is 59.6 cm³/mol. The fraction of sp³-hybridized carbons (Fsp3) is 0.800. The van der Waals surface area contributed by atoms with Crippen LogP contribution in [0.5, 0.6) is 0 Å². The van der Waals surface area contributed by atoms with Gasteiger partial charge < -0.3 is 10.2 Å². The standard InChI is InChI=1S/C10H16N2O2S/c1-7-10(14)11-4-9(13)12(7)5-8-2-3-15-6-8/h7-8H,2-6H2,1H3,(H,11,14). The van der Waals surface area contributed by atoms with E-state index in [1.165, 1.54) is 12.2 Å². The van der Waals surface area contributed by atoms with Gasteiger partial charge in [-0.05, 0) is 30.8 Å². The van der Waals surface area contributed by atoms with E-state index in [-0.39, 0.29) is 24.4 Å². The zero-order valence-corrected chi connectivity index (χ0v) is 9.68. The monoisotopic (exact) mass is 228 g/mol. The zero-order valence-electron chi connectivity index (χ0n) is 8.86. The minimum absolute atomic E-state index is 0.0275. The Labute approximate surface area is 93.8 Å². The number of hydrogen-bond donors (Lipinski definition) is 1. The molecule has 2 atom stereocenters. The first-order chi connectivity index (χ1) is 7.18. The Morgan fingerprint density at radius 3 is 3.00 bits per heavy atom. The summed E-state index contributed by atoms with van der Waals surface area (Å²) in [6, 6.07) is -0.295. The van der Waals surface area contributed by atoms with Gasteiger partial charge in [-0.2, -0.15) is 11.8 Å². The van der Waals surface area contributed by atoms with Gasteiger partial charge in [0.1, 0.15) is 6.04 Å². The summed E-state index contributed by atoms with van der Waals surface area (Å²) < 4.78 is 0. The number of amides is 2. The molecule has 0 saturated carbocycles. The largest absolute Gasteiger partial charge is 0.345 e. The van der Waals surface area contributed by atoms with E-state index in [2.05, 4.69) is 5.32 Å². The van der Waals surface area contributed by atoms with E-state index in [1.807, 2.05) is 11.8 Å². The lowest BCUT2D eigenvalue weighted by Crippen LogP contribution is -2.58. The molecule has 2 amide bonds. The summed E-state index contributed by atoms with van der Waals surface area (Å²) in [7, 11) is 0. The second kappa shape index (κ2) is 4.43. The quantitative estimate of drug-likeness (QED) is 0.728. The molecule has 0 aliphatic carbocycles. The van der Waals surface area contributed by atoms with Gasteiger partial charge in [0.25, 0.3) is 0 Å². The predicted octanol–water partition coefficient (Wildman–Crippen LogP) is 0.0864. The summed E-state index contributed by atoms with van der Waals surface area (Å²) in [6.07, 6.45) is 1.17. The molecule has 0 aromatic carbocycles. The van der Waals surface area contributed by atoms with Crippen molar-refractivity contribution in [3.05, 3.63) is 0 Å². The molecule has 84 valence electrons. The summed E-state index contributed by atoms with van der Waals surface area (Å²) in [5, 5.41) is 2.60. The first-order valence-corrected chi connectivity index (χ1v) is 6.49. The molecule has 2 rings (SSSR count). The van der Waals surface area contributed by atoms with Gasteiger partial charge in [0, 0.05) is 6.54 Å². The minimum Gasteiger partial charge on any atom is -0.345 e. The summed E-state index contributed by atoms with van der Waals surface area (Å²) in [6.45, 7) is 2.72. The maximum Gasteiger partial charge on any atom is 0.242 e. The number of nitrogens with zero attached hydrogens (tertiary/aromatic N) is 1. The van der Waals surface area contributed by atoms with E-state index in [0.717, 1.165) is 12.3 Å². The van der Waals surface area contributed by atoms with Crippen LogP contribution >= 0.6 is 11.8 Å². The number of carbonyl (C=O) groups excluding carboxylic acids is 2. The van der Waals surface area contributed by atoms with Crippen LogP contribution in [0.2, 0.25) is 0 Å². The highest BCUT2D eigenvalue weighted by Crippen LogP contribution is 2.25. The van der Waals surface area contributed by atoms with Gasteiger partial charge in [-0.25, -0.2) is 0 Å². The third kappa shape index (κ3) is 2.27. The number of hydrogen-bond acceptors (Lipinski definition) is 3. The topological polar surface area (TPSA) is 49.4 Å². The maximum atomic E-state index is 11.6. The van der Waals surface area contributed by atoms with Crippen LogP contribution in [0.1, 0.15) is 13.3 Å². The average Bonchev–Trinajstić information content (AvgIpc) is 2.71. The lowest BCUT2D eigenvalue weighted by Gasteiger charge is -2.34. The van der Waals surface area contributed by atoms with Gasteiger partial charge in [-0.1, -0.05) is 0 Å². The SMILES string of the molecule is CC1C(=O)NCC(=O)N1CC1CCSC1. The smallest absolute Gasteiger partial charge is 0.242 e. The van der Waals surface area contributed by atoms with E-state index in [0.29, 0.717) is 5.92 Å². The van der Waals surface area contributed by atoms with Gasteiger partial charge in [-0.3, -0.25) is 9.59 Å². The van der Waals surface area contributed by atoms with Gasteiger partial charge in [0.15, 0.2) is 0 Å². The molecular formula is C10H16N2O2S. The Hall–Kier alpha value is -0.710. The highest BCUT2D eigenvalue weighted by Gasteiger charge is 2.32. The Kier molecular flexibility index (Phi) is 3.19. The number of thioether (sulfide) groups is 1. The minimum atomic E-state index is -0.295. The zero-order chi connectivity index (χ0) is 10.8. The van der Waals surface area contributed by atoms with Crippen LogP contribution in [0.25, 0.3) is 0 Å². The second-order valence-electron chi connectivity index (χ2n) is 4.17. The van der Waals surface area contributed by atoms with Crippen molar-refractivity contribution in [1.82, 2.24) is 10.2 Å². The highest BCUT2D eigenvalue weighted by atomic mass is 32.2. The van der Waals surface area contributed by atoms with E-state index in [1.54, 1.807) is 11.8 Å². The molecule has 0 aromatic rings. The molecule has 2 unspecified atom stereocenters. The van der Waals surface area contributed by atoms with E-state index in [9.17, 15) is 9.59 Å². The molecule has 4 nitrogen and oxygen atoms in total. The van der Waals surface area contributed by atoms with Crippen molar-refractivity contribution in [2.45, 2.75) is 19.4 Å². The van der Waals surface area contributed by atoms with Gasteiger partial charge in [0.2, 0.25) is 11.8 Å². The van der Waals surface area contributed by atoms with Crippen LogP contribution in [0.15, 0.2) is 0 Å². The number of carbonyl (C=O) groups is 2. The molecule has 5 heteroatoms. The third-order valence-electron chi connectivity index (χ3n) is 3.06. The summed E-state index contributed by atoms with van der Waals surface area (Å²) in [4.78, 5) is 24.8. The molecule has 2 saturated heterocycles. The Balaban J connectivity index is 1.97. The lowest BCUT2D eigenvalue weighted by atomic mass is 10.1. The molecule has 2 aliphatic heterocycles. The van der Waals surface area contributed by atoms with Crippen LogP contribution in [-0.2, 0) is 9.59 Å². The molecule has 2 fully saturated rings. The molecule has 0 aromatic heterocycles. The average molecular weight is 228 g/mol. The normalized spacial score (nSPS) is 31.9. The third-order valence-corrected chi connectivity index (χ3v) is 4.29. The van der Waals surface area contributed by atoms with Crippen molar-refractivity contribution in [1.29, 1.82) is 0 Å². The van der Waals surface area contributed by atoms with Crippen molar-refractivity contribution in [2.24, 2.45) is 5.92 Å². The van der Waals surface area contributed by atoms with Gasteiger partial charge in [-0.15, -0.1) is 0 Å². The molecule has 0 spiro atoms. The molecule has 2 aliphatic rings. The summed E-state index contributed by atoms with van der Waals surface area (Å²) >= 11 is 1.94. The molecule has 1 N–H and O–H groups in total. The summed E-state index contributed by atoms with van der Waals surface area (Å²) in [5.41, 5.74) is 0. The Bertz CT molecular complexity index is 277. The first-order valence-electron chi connectivity index (χ1n) is 5.33. The lowest BCUT2D eigenvalue weighted by molar-refractivity contribution is -0.145. The van der Waals surface area contributed by atoms with Crippen molar-refractivity contribution in [2.75, 3.05) is 24.6 Å². The van der Waals surface area contributed by atoms with Crippen molar-refractivity contribution in [3.8, 4) is 0 Å². The first kappa shape index (κ1) is 10.8. The van der Waals surface area contributed by atoms with Gasteiger partial charge in [0.05, 0.1) is 6.54 Å². The number of rotatable bonds is 2. The van der Waals surface area contributed by atoms with Crippen LogP contribution < -0.4 is 5.32 Å². The molecular weight excluding hydrogens is 212 g/mol. The Morgan fingerprint density at radius 1 is 1.53 bits per heavy atom. The van der Waals surface area contributed by atoms with Crippen LogP contribution in [-0.4, -0.2) is 47.4 Å². The van der Waals surface area contributed by atoms with Crippen LogP contribution in [0, 0.1) is 5.92 Å². The van der Waals surface area contributed by atoms with Crippen LogP contribution in [0.3, 0.4) is 0 Å². The molecule has 15 heavy (non-hydrogen) atoms. The maximum absolute atomic E-state index is 11.6.